The molecular formula is C29H33N3O4S. The Hall–Kier alpha value is -3.43. The van der Waals surface area contributed by atoms with Crippen LogP contribution in [0.2, 0.25) is 0 Å². The molecule has 0 amide bonds. The van der Waals surface area contributed by atoms with Crippen LogP contribution in [0, 0.1) is 0 Å². The lowest BCUT2D eigenvalue weighted by Gasteiger charge is -2.33. The number of nitrogen functional groups attached to an aromatic ring is 1. The molecule has 0 saturated carbocycles. The smallest absolute Gasteiger partial charge is 0.243 e. The summed E-state index contributed by atoms with van der Waals surface area (Å²) in [6.45, 7) is 2.76. The van der Waals surface area contributed by atoms with Gasteiger partial charge in [0.1, 0.15) is 5.75 Å². The molecule has 1 aliphatic heterocycles. The Balaban J connectivity index is 1.42. The molecule has 1 heterocycles. The van der Waals surface area contributed by atoms with Crippen LogP contribution in [0.4, 0.5) is 5.69 Å². The molecule has 1 saturated heterocycles. The Morgan fingerprint density at radius 1 is 0.838 bits per heavy atom. The quantitative estimate of drug-likeness (QED) is 0.329. The van der Waals surface area contributed by atoms with Gasteiger partial charge in [0.2, 0.25) is 10.0 Å². The maximum Gasteiger partial charge on any atom is 0.243 e. The van der Waals surface area contributed by atoms with Gasteiger partial charge in [0.25, 0.3) is 0 Å². The van der Waals surface area contributed by atoms with E-state index in [-0.39, 0.29) is 6.61 Å². The fourth-order valence-corrected chi connectivity index (χ4v) is 5.61. The lowest BCUT2D eigenvalue weighted by Crippen LogP contribution is -2.49. The Labute approximate surface area is 219 Å². The monoisotopic (exact) mass is 519 g/mol. The van der Waals surface area contributed by atoms with Gasteiger partial charge in [0.05, 0.1) is 18.6 Å². The van der Waals surface area contributed by atoms with Crippen LogP contribution in [0.5, 0.6) is 5.75 Å². The number of aliphatic hydroxyl groups is 1. The summed E-state index contributed by atoms with van der Waals surface area (Å²) in [6, 6.07) is 20.6. The van der Waals surface area contributed by atoms with Crippen molar-refractivity contribution in [3.63, 3.8) is 0 Å². The number of nitrogens with two attached hydrogens (primary N) is 1. The molecule has 3 N–H and O–H groups in total. The van der Waals surface area contributed by atoms with Crippen molar-refractivity contribution in [3.05, 3.63) is 89.0 Å². The van der Waals surface area contributed by atoms with Crippen LogP contribution in [0.1, 0.15) is 22.3 Å². The largest absolute Gasteiger partial charge is 0.496 e. The van der Waals surface area contributed by atoms with Gasteiger partial charge in [-0.2, -0.15) is 4.31 Å². The number of nitrogens with zero attached hydrogens (tertiary/aromatic N) is 2. The highest BCUT2D eigenvalue weighted by Gasteiger charge is 2.28. The molecule has 0 radical (unpaired) electrons. The molecule has 0 aromatic heterocycles. The van der Waals surface area contributed by atoms with Crippen molar-refractivity contribution in [2.75, 3.05) is 52.2 Å². The first-order valence-electron chi connectivity index (χ1n) is 12.2. The van der Waals surface area contributed by atoms with Crippen LogP contribution in [0.15, 0.2) is 71.6 Å². The Morgan fingerprint density at radius 2 is 1.41 bits per heavy atom. The molecule has 0 atom stereocenters. The Bertz CT molecular complexity index is 1340. The van der Waals surface area contributed by atoms with Crippen molar-refractivity contribution >= 4 is 40.0 Å². The van der Waals surface area contributed by atoms with Crippen molar-refractivity contribution in [1.29, 1.82) is 0 Å². The van der Waals surface area contributed by atoms with Crippen LogP contribution in [0.25, 0.3) is 24.3 Å². The zero-order chi connectivity index (χ0) is 26.3. The van der Waals surface area contributed by atoms with E-state index in [0.29, 0.717) is 37.6 Å². The normalized spacial score (nSPS) is 15.5. The maximum atomic E-state index is 13.0. The maximum absolute atomic E-state index is 13.0. The first-order valence-corrected chi connectivity index (χ1v) is 13.7. The van der Waals surface area contributed by atoms with Crippen molar-refractivity contribution in [2.45, 2.75) is 4.90 Å². The number of rotatable bonds is 9. The molecule has 37 heavy (non-hydrogen) atoms. The van der Waals surface area contributed by atoms with E-state index in [0.717, 1.165) is 33.7 Å². The van der Waals surface area contributed by atoms with E-state index in [2.05, 4.69) is 4.90 Å². The summed E-state index contributed by atoms with van der Waals surface area (Å²) in [7, 11) is -1.89. The van der Waals surface area contributed by atoms with Crippen molar-refractivity contribution in [2.24, 2.45) is 0 Å². The average molecular weight is 520 g/mol. The van der Waals surface area contributed by atoms with Gasteiger partial charge in [-0.3, -0.25) is 4.90 Å². The fourth-order valence-electron chi connectivity index (χ4n) is 4.19. The van der Waals surface area contributed by atoms with Crippen LogP contribution in [0.3, 0.4) is 0 Å². The van der Waals surface area contributed by atoms with E-state index in [4.69, 9.17) is 15.6 Å². The SMILES string of the molecule is COc1cc(/C=C/c2ccc(S(=O)(=O)N3CCN(CCO)CC3)cc2)ccc1/C=C/c1ccc(N)cc1. The minimum atomic E-state index is -3.53. The first kappa shape index (κ1) is 26.6. The molecule has 0 unspecified atom stereocenters. The van der Waals surface area contributed by atoms with Crippen LogP contribution in [-0.4, -0.2) is 69.2 Å². The molecule has 8 heteroatoms. The van der Waals surface area contributed by atoms with Crippen molar-refractivity contribution < 1.29 is 18.3 Å². The molecule has 3 aromatic carbocycles. The predicted octanol–water partition coefficient (Wildman–Crippen LogP) is 3.92. The summed E-state index contributed by atoms with van der Waals surface area (Å²) >= 11 is 0. The van der Waals surface area contributed by atoms with E-state index in [1.165, 1.54) is 4.31 Å². The second-order valence-corrected chi connectivity index (χ2v) is 10.8. The zero-order valence-electron chi connectivity index (χ0n) is 21.0. The fraction of sp³-hybridized carbons (Fsp3) is 0.241. The summed E-state index contributed by atoms with van der Waals surface area (Å²) in [6.07, 6.45) is 7.93. The summed E-state index contributed by atoms with van der Waals surface area (Å²) in [4.78, 5) is 2.36. The first-order chi connectivity index (χ1) is 17.9. The molecule has 7 nitrogen and oxygen atoms in total. The number of hydrogen-bond acceptors (Lipinski definition) is 6. The van der Waals surface area contributed by atoms with Crippen molar-refractivity contribution in [3.8, 4) is 5.75 Å². The van der Waals surface area contributed by atoms with Gasteiger partial charge in [-0.15, -0.1) is 0 Å². The second-order valence-electron chi connectivity index (χ2n) is 8.87. The molecule has 0 spiro atoms. The van der Waals surface area contributed by atoms with Gasteiger partial charge in [0, 0.05) is 44.0 Å². The Morgan fingerprint density at radius 3 is 2.03 bits per heavy atom. The number of sulfonamides is 1. The van der Waals surface area contributed by atoms with Crippen molar-refractivity contribution in [1.82, 2.24) is 9.21 Å². The highest BCUT2D eigenvalue weighted by Crippen LogP contribution is 2.25. The number of benzene rings is 3. The zero-order valence-corrected chi connectivity index (χ0v) is 21.8. The molecule has 1 aliphatic rings. The Kier molecular flexibility index (Phi) is 8.78. The standard InChI is InChI=1S/C29H33N3O4S/c1-36-29-22-25(5-11-26(29)10-4-24-6-12-27(30)13-7-24)3-2-23-8-14-28(15-9-23)37(34,35)32-18-16-31(17-19-32)20-21-33/h2-15,22,33H,16-21,30H2,1H3/b3-2+,10-4+. The van der Waals surface area contributed by atoms with Gasteiger partial charge >= 0.3 is 0 Å². The molecule has 0 bridgehead atoms. The molecule has 1 fully saturated rings. The average Bonchev–Trinajstić information content (AvgIpc) is 2.92. The number of methoxy groups -OCH3 is 1. The predicted molar refractivity (Wildman–Crippen MR) is 150 cm³/mol. The lowest BCUT2D eigenvalue weighted by molar-refractivity contribution is 0.151. The summed E-state index contributed by atoms with van der Waals surface area (Å²) < 4.78 is 33.1. The summed E-state index contributed by atoms with van der Waals surface area (Å²) in [5.41, 5.74) is 10.4. The van der Waals surface area contributed by atoms with E-state index in [1.807, 2.05) is 78.9 Å². The summed E-state index contributed by atoms with van der Waals surface area (Å²) in [5.74, 6) is 0.759. The number of hydrogen-bond donors (Lipinski definition) is 2. The topological polar surface area (TPSA) is 96.1 Å². The highest BCUT2D eigenvalue weighted by molar-refractivity contribution is 7.89. The number of anilines is 1. The van der Waals surface area contributed by atoms with Gasteiger partial charge in [-0.05, 0) is 47.0 Å². The molecule has 194 valence electrons. The van der Waals surface area contributed by atoms with Crippen LogP contribution >= 0.6 is 0 Å². The third kappa shape index (κ3) is 6.87. The van der Waals surface area contributed by atoms with Gasteiger partial charge in [-0.25, -0.2) is 8.42 Å². The van der Waals surface area contributed by atoms with Gasteiger partial charge < -0.3 is 15.6 Å². The minimum absolute atomic E-state index is 0.0836. The number of β-amino-alcohol motifs (C(OH)–C–C–N with tert-alkyl or cyclic N) is 1. The highest BCUT2D eigenvalue weighted by atomic mass is 32.2. The second kappa shape index (κ2) is 12.2. The van der Waals surface area contributed by atoms with E-state index >= 15 is 0 Å². The molecular weight excluding hydrogens is 486 g/mol. The third-order valence-electron chi connectivity index (χ3n) is 6.38. The van der Waals surface area contributed by atoms with Gasteiger partial charge in [0.15, 0.2) is 0 Å². The van der Waals surface area contributed by atoms with E-state index < -0.39 is 10.0 Å². The number of ether oxygens (including phenoxy) is 1. The molecule has 0 aliphatic carbocycles. The number of piperazine rings is 1. The molecule has 4 rings (SSSR count). The molecule has 3 aromatic rings. The van der Waals surface area contributed by atoms with Gasteiger partial charge in [-0.1, -0.05) is 60.7 Å². The third-order valence-corrected chi connectivity index (χ3v) is 8.30. The van der Waals surface area contributed by atoms with E-state index in [9.17, 15) is 8.42 Å². The minimum Gasteiger partial charge on any atom is -0.496 e. The van der Waals surface area contributed by atoms with Crippen LogP contribution < -0.4 is 10.5 Å². The van der Waals surface area contributed by atoms with Crippen LogP contribution in [-0.2, 0) is 10.0 Å². The van der Waals surface area contributed by atoms with E-state index in [1.54, 1.807) is 19.2 Å². The lowest BCUT2D eigenvalue weighted by atomic mass is 10.1. The number of aliphatic hydroxyl groups excluding tert-OH is 1. The summed E-state index contributed by atoms with van der Waals surface area (Å²) in [5, 5.41) is 9.08.